The molecule has 1 aromatic carbocycles. The topological polar surface area (TPSA) is 29.9 Å². The number of benzene rings is 1. The van der Waals surface area contributed by atoms with E-state index >= 15 is 0 Å². The van der Waals surface area contributed by atoms with Gasteiger partial charge in [-0.2, -0.15) is 5.10 Å². The Balaban J connectivity index is 2.04. The summed E-state index contributed by atoms with van der Waals surface area (Å²) in [6, 6.07) is 13.2. The van der Waals surface area contributed by atoms with Crippen LogP contribution in [0.15, 0.2) is 36.4 Å². The lowest BCUT2D eigenvalue weighted by atomic mass is 10.0. The van der Waals surface area contributed by atoms with Gasteiger partial charge in [-0.25, -0.2) is 0 Å². The van der Waals surface area contributed by atoms with E-state index in [0.29, 0.717) is 6.04 Å². The van der Waals surface area contributed by atoms with E-state index in [1.165, 1.54) is 11.3 Å². The van der Waals surface area contributed by atoms with Crippen LogP contribution in [-0.2, 0) is 13.1 Å². The van der Waals surface area contributed by atoms with Crippen LogP contribution in [0.1, 0.15) is 43.3 Å². The van der Waals surface area contributed by atoms with Crippen LogP contribution in [0.3, 0.4) is 0 Å². The van der Waals surface area contributed by atoms with Gasteiger partial charge in [0.25, 0.3) is 0 Å². The van der Waals surface area contributed by atoms with Crippen LogP contribution in [0.4, 0.5) is 0 Å². The summed E-state index contributed by atoms with van der Waals surface area (Å²) in [5.41, 5.74) is 3.70. The van der Waals surface area contributed by atoms with Gasteiger partial charge >= 0.3 is 0 Å². The van der Waals surface area contributed by atoms with E-state index in [9.17, 15) is 0 Å². The first-order valence-corrected chi connectivity index (χ1v) is 7.06. The van der Waals surface area contributed by atoms with Gasteiger partial charge in [0.2, 0.25) is 0 Å². The van der Waals surface area contributed by atoms with Crippen molar-refractivity contribution in [2.75, 3.05) is 0 Å². The number of hydrogen-bond donors (Lipinski definition) is 1. The van der Waals surface area contributed by atoms with Crippen LogP contribution in [0, 0.1) is 6.92 Å². The van der Waals surface area contributed by atoms with Gasteiger partial charge in [-0.1, -0.05) is 37.3 Å². The summed E-state index contributed by atoms with van der Waals surface area (Å²) in [5, 5.41) is 8.11. The van der Waals surface area contributed by atoms with Crippen molar-refractivity contribution in [1.29, 1.82) is 0 Å². The molecule has 1 N–H and O–H groups in total. The maximum atomic E-state index is 4.48. The number of nitrogens with zero attached hydrogens (tertiary/aromatic N) is 2. The van der Waals surface area contributed by atoms with E-state index < -0.39 is 0 Å². The fourth-order valence-electron chi connectivity index (χ4n) is 2.43. The van der Waals surface area contributed by atoms with Crippen LogP contribution in [-0.4, -0.2) is 9.78 Å². The lowest BCUT2D eigenvalue weighted by Crippen LogP contribution is -2.22. The van der Waals surface area contributed by atoms with Gasteiger partial charge in [0.05, 0.1) is 11.4 Å². The summed E-state index contributed by atoms with van der Waals surface area (Å²) in [5.74, 6) is 0. The molecule has 0 bridgehead atoms. The zero-order valence-corrected chi connectivity index (χ0v) is 12.1. The van der Waals surface area contributed by atoms with E-state index in [2.05, 4.69) is 65.3 Å². The molecule has 0 saturated heterocycles. The molecule has 2 rings (SSSR count). The normalized spacial score (nSPS) is 12.6. The second-order valence-electron chi connectivity index (χ2n) is 4.85. The van der Waals surface area contributed by atoms with E-state index in [-0.39, 0.29) is 0 Å². The molecule has 0 radical (unpaired) electrons. The van der Waals surface area contributed by atoms with Crippen LogP contribution in [0.25, 0.3) is 0 Å². The molecule has 1 unspecified atom stereocenters. The van der Waals surface area contributed by atoms with Gasteiger partial charge in [0.1, 0.15) is 0 Å². The highest BCUT2D eigenvalue weighted by molar-refractivity contribution is 5.19. The van der Waals surface area contributed by atoms with Gasteiger partial charge < -0.3 is 5.32 Å². The minimum atomic E-state index is 0.404. The van der Waals surface area contributed by atoms with Crippen molar-refractivity contribution >= 4 is 0 Å². The second kappa shape index (κ2) is 6.53. The first-order valence-electron chi connectivity index (χ1n) is 7.06. The zero-order chi connectivity index (χ0) is 13.7. The Bertz CT molecular complexity index is 502. The molecule has 0 aliphatic carbocycles. The molecule has 3 nitrogen and oxygen atoms in total. The molecule has 0 saturated carbocycles. The molecule has 0 aliphatic heterocycles. The average molecular weight is 257 g/mol. The fourth-order valence-corrected chi connectivity index (χ4v) is 2.43. The summed E-state index contributed by atoms with van der Waals surface area (Å²) < 4.78 is 2.07. The monoisotopic (exact) mass is 257 g/mol. The number of aromatic nitrogens is 2. The maximum Gasteiger partial charge on any atom is 0.0597 e. The molecule has 0 fully saturated rings. The Morgan fingerprint density at radius 2 is 1.95 bits per heavy atom. The zero-order valence-electron chi connectivity index (χ0n) is 12.1. The summed E-state index contributed by atoms with van der Waals surface area (Å²) >= 11 is 0. The van der Waals surface area contributed by atoms with Crippen LogP contribution in [0.2, 0.25) is 0 Å². The lowest BCUT2D eigenvalue weighted by molar-refractivity contribution is 0.494. The Kier molecular flexibility index (Phi) is 4.74. The SMILES string of the molecule is CCC(NCc1cc(C)nn1CC)c1ccccc1. The predicted molar refractivity (Wildman–Crippen MR) is 79.0 cm³/mol. The molecular formula is C16H23N3. The Labute approximate surface area is 115 Å². The highest BCUT2D eigenvalue weighted by Crippen LogP contribution is 2.16. The third-order valence-electron chi connectivity index (χ3n) is 3.42. The van der Waals surface area contributed by atoms with Crippen LogP contribution >= 0.6 is 0 Å². The number of rotatable bonds is 6. The number of aryl methyl sites for hydroxylation is 2. The molecule has 0 amide bonds. The van der Waals surface area contributed by atoms with Gasteiger partial charge in [-0.15, -0.1) is 0 Å². The highest BCUT2D eigenvalue weighted by Gasteiger charge is 2.10. The summed E-state index contributed by atoms with van der Waals surface area (Å²) in [6.07, 6.45) is 1.09. The summed E-state index contributed by atoms with van der Waals surface area (Å²) in [4.78, 5) is 0. The van der Waals surface area contributed by atoms with Gasteiger partial charge in [-0.05, 0) is 31.9 Å². The lowest BCUT2D eigenvalue weighted by Gasteiger charge is -2.17. The van der Waals surface area contributed by atoms with E-state index in [1.807, 2.05) is 6.92 Å². The molecule has 0 spiro atoms. The third kappa shape index (κ3) is 3.44. The fraction of sp³-hybridized carbons (Fsp3) is 0.438. The molecule has 1 heterocycles. The van der Waals surface area contributed by atoms with Crippen molar-refractivity contribution in [1.82, 2.24) is 15.1 Å². The highest BCUT2D eigenvalue weighted by atomic mass is 15.3. The smallest absolute Gasteiger partial charge is 0.0597 e. The van der Waals surface area contributed by atoms with E-state index in [0.717, 1.165) is 25.2 Å². The Hall–Kier alpha value is -1.61. The number of nitrogens with one attached hydrogen (secondary N) is 1. The van der Waals surface area contributed by atoms with Crippen molar-refractivity contribution in [3.63, 3.8) is 0 Å². The third-order valence-corrected chi connectivity index (χ3v) is 3.42. The Morgan fingerprint density at radius 3 is 2.58 bits per heavy atom. The largest absolute Gasteiger partial charge is 0.304 e. The van der Waals surface area contributed by atoms with Crippen LogP contribution in [0.5, 0.6) is 0 Å². The first-order chi connectivity index (χ1) is 9.24. The van der Waals surface area contributed by atoms with Crippen molar-refractivity contribution in [2.24, 2.45) is 0 Å². The molecular weight excluding hydrogens is 234 g/mol. The van der Waals surface area contributed by atoms with Crippen LogP contribution < -0.4 is 5.32 Å². The van der Waals surface area contributed by atoms with Gasteiger partial charge in [-0.3, -0.25) is 4.68 Å². The predicted octanol–water partition coefficient (Wildman–Crippen LogP) is 3.45. The average Bonchev–Trinajstić information content (AvgIpc) is 2.81. The molecule has 19 heavy (non-hydrogen) atoms. The van der Waals surface area contributed by atoms with Crippen molar-refractivity contribution in [3.05, 3.63) is 53.3 Å². The van der Waals surface area contributed by atoms with Gasteiger partial charge in [0, 0.05) is 19.1 Å². The Morgan fingerprint density at radius 1 is 1.21 bits per heavy atom. The molecule has 1 atom stereocenters. The quantitative estimate of drug-likeness (QED) is 0.859. The maximum absolute atomic E-state index is 4.48. The standard InChI is InChI=1S/C16H23N3/c1-4-16(14-9-7-6-8-10-14)17-12-15-11-13(3)18-19(15)5-2/h6-11,16-17H,4-5,12H2,1-3H3. The van der Waals surface area contributed by atoms with E-state index in [1.54, 1.807) is 0 Å². The van der Waals surface area contributed by atoms with Crippen molar-refractivity contribution < 1.29 is 0 Å². The molecule has 0 aliphatic rings. The minimum absolute atomic E-state index is 0.404. The van der Waals surface area contributed by atoms with Crippen molar-refractivity contribution in [2.45, 2.75) is 46.3 Å². The summed E-state index contributed by atoms with van der Waals surface area (Å²) in [7, 11) is 0. The number of hydrogen-bond acceptors (Lipinski definition) is 2. The summed E-state index contributed by atoms with van der Waals surface area (Å²) in [6.45, 7) is 8.18. The van der Waals surface area contributed by atoms with Crippen molar-refractivity contribution in [3.8, 4) is 0 Å². The molecule has 102 valence electrons. The second-order valence-corrected chi connectivity index (χ2v) is 4.85. The molecule has 1 aromatic heterocycles. The van der Waals surface area contributed by atoms with Gasteiger partial charge in [0.15, 0.2) is 0 Å². The minimum Gasteiger partial charge on any atom is -0.304 e. The molecule has 2 aromatic rings. The first kappa shape index (κ1) is 13.8. The van der Waals surface area contributed by atoms with E-state index in [4.69, 9.17) is 0 Å². The molecule has 3 heteroatoms.